The number of primary amides is 1. The first kappa shape index (κ1) is 14.2. The van der Waals surface area contributed by atoms with E-state index in [0.717, 1.165) is 12.1 Å². The minimum Gasteiger partial charge on any atom is -0.481 e. The number of carboxylic acids is 1. The zero-order chi connectivity index (χ0) is 14.9. The molecule has 0 saturated carbocycles. The lowest BCUT2D eigenvalue weighted by Crippen LogP contribution is -2.37. The number of carboxylic acid groups (broad SMARTS) is 1. The Bertz CT molecular complexity index is 532. The van der Waals surface area contributed by atoms with Gasteiger partial charge in [0.25, 0.3) is 0 Å². The van der Waals surface area contributed by atoms with Crippen LogP contribution in [-0.4, -0.2) is 30.1 Å². The molecule has 0 atom stereocenters. The molecule has 1 heterocycles. The van der Waals surface area contributed by atoms with Gasteiger partial charge in [0.2, 0.25) is 5.91 Å². The van der Waals surface area contributed by atoms with Crippen molar-refractivity contribution in [1.82, 2.24) is 0 Å². The maximum atomic E-state index is 13.9. The van der Waals surface area contributed by atoms with E-state index in [1.807, 2.05) is 0 Å². The molecule has 0 aliphatic carbocycles. The lowest BCUT2D eigenvalue weighted by atomic mass is 9.96. The lowest BCUT2D eigenvalue weighted by Gasteiger charge is -2.32. The smallest absolute Gasteiger partial charge is 0.306 e. The number of hydrogen-bond donors (Lipinski definition) is 2. The van der Waals surface area contributed by atoms with Gasteiger partial charge in [-0.05, 0) is 25.0 Å². The van der Waals surface area contributed by atoms with Crippen molar-refractivity contribution in [3.8, 4) is 0 Å². The Kier molecular flexibility index (Phi) is 3.87. The lowest BCUT2D eigenvalue weighted by molar-refractivity contribution is -0.142. The number of rotatable bonds is 3. The number of anilines is 1. The van der Waals surface area contributed by atoms with E-state index in [4.69, 9.17) is 10.8 Å². The number of benzene rings is 1. The van der Waals surface area contributed by atoms with E-state index in [1.54, 1.807) is 0 Å². The molecule has 1 saturated heterocycles. The Morgan fingerprint density at radius 2 is 1.70 bits per heavy atom. The van der Waals surface area contributed by atoms with Crippen LogP contribution in [0.2, 0.25) is 0 Å². The molecule has 0 bridgehead atoms. The van der Waals surface area contributed by atoms with Gasteiger partial charge in [0, 0.05) is 18.7 Å². The number of carbonyl (C=O) groups excluding carboxylic acids is 1. The average molecular weight is 284 g/mol. The number of halogens is 2. The van der Waals surface area contributed by atoms with Gasteiger partial charge in [0.05, 0.1) is 5.92 Å². The summed E-state index contributed by atoms with van der Waals surface area (Å²) < 4.78 is 27.8. The molecule has 1 aromatic rings. The molecule has 1 fully saturated rings. The summed E-state index contributed by atoms with van der Waals surface area (Å²) in [6, 6.07) is 1.79. The molecule has 1 amide bonds. The fraction of sp³-hybridized carbons (Fsp3) is 0.385. The quantitative estimate of drug-likeness (QED) is 0.878. The monoisotopic (exact) mass is 284 g/mol. The van der Waals surface area contributed by atoms with Crippen molar-refractivity contribution in [3.05, 3.63) is 29.3 Å². The average Bonchev–Trinajstić information content (AvgIpc) is 2.38. The Morgan fingerprint density at radius 3 is 2.10 bits per heavy atom. The number of amides is 1. The first-order valence-electron chi connectivity index (χ1n) is 6.16. The third-order valence-electron chi connectivity index (χ3n) is 3.46. The Labute approximate surface area is 114 Å². The van der Waals surface area contributed by atoms with Gasteiger partial charge in [-0.1, -0.05) is 0 Å². The van der Waals surface area contributed by atoms with E-state index in [-0.39, 0.29) is 24.3 Å². The van der Waals surface area contributed by atoms with Crippen molar-refractivity contribution in [2.24, 2.45) is 11.7 Å². The second kappa shape index (κ2) is 5.44. The van der Waals surface area contributed by atoms with Crippen molar-refractivity contribution >= 4 is 17.6 Å². The van der Waals surface area contributed by atoms with E-state index in [1.165, 1.54) is 4.90 Å². The topological polar surface area (TPSA) is 83.6 Å². The molecule has 0 aromatic heterocycles. The predicted octanol–water partition coefficient (Wildman–Crippen LogP) is 1.36. The van der Waals surface area contributed by atoms with Gasteiger partial charge in [-0.15, -0.1) is 0 Å². The minimum atomic E-state index is -0.904. The molecule has 20 heavy (non-hydrogen) atoms. The molecule has 7 heteroatoms. The maximum Gasteiger partial charge on any atom is 0.306 e. The van der Waals surface area contributed by atoms with Gasteiger partial charge in [0.1, 0.15) is 17.3 Å². The number of nitrogens with two attached hydrogens (primary N) is 1. The third-order valence-corrected chi connectivity index (χ3v) is 3.46. The van der Waals surface area contributed by atoms with Crippen LogP contribution in [0, 0.1) is 17.6 Å². The van der Waals surface area contributed by atoms with E-state index >= 15 is 0 Å². The first-order chi connectivity index (χ1) is 9.40. The third kappa shape index (κ3) is 2.71. The molecule has 3 N–H and O–H groups in total. The zero-order valence-electron chi connectivity index (χ0n) is 10.6. The van der Waals surface area contributed by atoms with E-state index in [2.05, 4.69) is 0 Å². The fourth-order valence-corrected chi connectivity index (χ4v) is 2.36. The highest BCUT2D eigenvalue weighted by molar-refractivity contribution is 5.93. The molecule has 0 radical (unpaired) electrons. The van der Waals surface area contributed by atoms with Crippen molar-refractivity contribution in [2.45, 2.75) is 12.8 Å². The summed E-state index contributed by atoms with van der Waals surface area (Å²) in [5, 5.41) is 8.88. The molecule has 2 rings (SSSR count). The van der Waals surface area contributed by atoms with Crippen LogP contribution in [0.5, 0.6) is 0 Å². The summed E-state index contributed by atoms with van der Waals surface area (Å²) in [4.78, 5) is 23.2. The maximum absolute atomic E-state index is 13.9. The van der Waals surface area contributed by atoms with E-state index in [0.29, 0.717) is 12.8 Å². The molecule has 1 aromatic carbocycles. The molecular weight excluding hydrogens is 270 g/mol. The minimum absolute atomic E-state index is 0.232. The van der Waals surface area contributed by atoms with Gasteiger partial charge in [0.15, 0.2) is 0 Å². The molecule has 5 nitrogen and oxygen atoms in total. The van der Waals surface area contributed by atoms with Gasteiger partial charge in [-0.3, -0.25) is 9.59 Å². The molecular formula is C13H14F2N2O3. The SMILES string of the molecule is NC(=O)c1cc(F)c(N2CCC(C(=O)O)CC2)c(F)c1. The van der Waals surface area contributed by atoms with Gasteiger partial charge in [-0.2, -0.15) is 0 Å². The summed E-state index contributed by atoms with van der Waals surface area (Å²) in [6.07, 6.45) is 0.650. The summed E-state index contributed by atoms with van der Waals surface area (Å²) in [5.74, 6) is -4.02. The van der Waals surface area contributed by atoms with E-state index in [9.17, 15) is 18.4 Å². The van der Waals surface area contributed by atoms with Crippen molar-refractivity contribution < 1.29 is 23.5 Å². The molecule has 1 aliphatic rings. The van der Waals surface area contributed by atoms with Crippen LogP contribution >= 0.6 is 0 Å². The Morgan fingerprint density at radius 1 is 1.20 bits per heavy atom. The highest BCUT2D eigenvalue weighted by Crippen LogP contribution is 2.29. The van der Waals surface area contributed by atoms with Crippen LogP contribution < -0.4 is 10.6 Å². The fourth-order valence-electron chi connectivity index (χ4n) is 2.36. The van der Waals surface area contributed by atoms with Crippen molar-refractivity contribution in [3.63, 3.8) is 0 Å². The van der Waals surface area contributed by atoms with Gasteiger partial charge in [-0.25, -0.2) is 8.78 Å². The predicted molar refractivity (Wildman–Crippen MR) is 67.4 cm³/mol. The normalized spacial score (nSPS) is 16.2. The highest BCUT2D eigenvalue weighted by atomic mass is 19.1. The van der Waals surface area contributed by atoms with Gasteiger partial charge < -0.3 is 15.7 Å². The van der Waals surface area contributed by atoms with Crippen LogP contribution in [-0.2, 0) is 4.79 Å². The molecule has 108 valence electrons. The number of aliphatic carboxylic acids is 1. The number of hydrogen-bond acceptors (Lipinski definition) is 3. The Balaban J connectivity index is 2.22. The number of carbonyl (C=O) groups is 2. The van der Waals surface area contributed by atoms with E-state index < -0.39 is 29.4 Å². The second-order valence-electron chi connectivity index (χ2n) is 4.75. The van der Waals surface area contributed by atoms with Crippen LogP contribution in [0.4, 0.5) is 14.5 Å². The number of nitrogens with zero attached hydrogens (tertiary/aromatic N) is 1. The van der Waals surface area contributed by atoms with Gasteiger partial charge >= 0.3 is 5.97 Å². The van der Waals surface area contributed by atoms with Crippen LogP contribution in [0.1, 0.15) is 23.2 Å². The molecule has 0 spiro atoms. The summed E-state index contributed by atoms with van der Waals surface area (Å²) >= 11 is 0. The highest BCUT2D eigenvalue weighted by Gasteiger charge is 2.27. The van der Waals surface area contributed by atoms with Crippen LogP contribution in [0.3, 0.4) is 0 Å². The zero-order valence-corrected chi connectivity index (χ0v) is 10.6. The summed E-state index contributed by atoms with van der Waals surface area (Å²) in [7, 11) is 0. The number of piperidine rings is 1. The molecule has 1 aliphatic heterocycles. The first-order valence-corrected chi connectivity index (χ1v) is 6.16. The standard InChI is InChI=1S/C13H14F2N2O3/c14-9-5-8(12(16)18)6-10(15)11(9)17-3-1-7(2-4-17)13(19)20/h5-7H,1-4H2,(H2,16,18)(H,19,20). The van der Waals surface area contributed by atoms with Crippen molar-refractivity contribution in [2.75, 3.05) is 18.0 Å². The molecule has 0 unspecified atom stereocenters. The van der Waals surface area contributed by atoms with Crippen LogP contribution in [0.25, 0.3) is 0 Å². The Hall–Kier alpha value is -2.18. The largest absolute Gasteiger partial charge is 0.481 e. The van der Waals surface area contributed by atoms with Crippen LogP contribution in [0.15, 0.2) is 12.1 Å². The van der Waals surface area contributed by atoms with Crippen molar-refractivity contribution in [1.29, 1.82) is 0 Å². The second-order valence-corrected chi connectivity index (χ2v) is 4.75. The summed E-state index contributed by atoms with van der Waals surface area (Å²) in [6.45, 7) is 0.501. The summed E-state index contributed by atoms with van der Waals surface area (Å²) in [5.41, 5.74) is 4.51.